The Morgan fingerprint density at radius 2 is 1.76 bits per heavy atom. The Hall–Kier alpha value is -2.70. The molecule has 2 aromatic carbocycles. The number of carbonyl (C=O) groups excluding carboxylic acids is 1. The van der Waals surface area contributed by atoms with Gasteiger partial charge < -0.3 is 15.4 Å². The second-order valence-corrected chi connectivity index (χ2v) is 5.94. The molecule has 0 spiro atoms. The van der Waals surface area contributed by atoms with Gasteiger partial charge in [0.25, 0.3) is 0 Å². The van der Waals surface area contributed by atoms with Gasteiger partial charge in [0.15, 0.2) is 0 Å². The summed E-state index contributed by atoms with van der Waals surface area (Å²) in [6.07, 6.45) is 1.50. The highest BCUT2D eigenvalue weighted by Gasteiger charge is 2.13. The third-order valence-electron chi connectivity index (χ3n) is 3.42. The molecule has 3 aromatic rings. The Morgan fingerprint density at radius 3 is 2.40 bits per heavy atom. The van der Waals surface area contributed by atoms with E-state index in [9.17, 15) is 4.79 Å². The number of hydrogen-bond acceptors (Lipinski definition) is 3. The Kier molecular flexibility index (Phi) is 5.11. The van der Waals surface area contributed by atoms with E-state index in [1.165, 1.54) is 6.20 Å². The summed E-state index contributed by atoms with van der Waals surface area (Å²) in [5.74, 6) is 0.606. The fourth-order valence-electron chi connectivity index (χ4n) is 2.27. The van der Waals surface area contributed by atoms with E-state index in [1.807, 2.05) is 0 Å². The lowest BCUT2D eigenvalue weighted by Gasteiger charge is -2.12. The predicted octanol–water partition coefficient (Wildman–Crippen LogP) is 5.04. The standard InChI is InChI=1S/C17H14Cl2N4O2/c1-25-15-7-6-12(8-13(15)16-14(19)9-20-23-16)22-17(24)21-11-4-2-10(18)3-5-11/h2-9H,1H3,(H,20,23)(H2,21,22,24). The van der Waals surface area contributed by atoms with Crippen molar-refractivity contribution in [1.82, 2.24) is 10.2 Å². The fraction of sp³-hybridized carbons (Fsp3) is 0.0588. The van der Waals surface area contributed by atoms with Crippen LogP contribution in [0, 0.1) is 0 Å². The minimum absolute atomic E-state index is 0.380. The summed E-state index contributed by atoms with van der Waals surface area (Å²) in [5, 5.41) is 13.3. The molecule has 128 valence electrons. The van der Waals surface area contributed by atoms with Crippen molar-refractivity contribution in [2.24, 2.45) is 0 Å². The Balaban J connectivity index is 1.79. The number of ether oxygens (including phenoxy) is 1. The molecule has 0 aliphatic heterocycles. The number of urea groups is 1. The number of anilines is 2. The maximum absolute atomic E-state index is 12.2. The molecule has 0 atom stereocenters. The molecule has 1 heterocycles. The number of carbonyl (C=O) groups is 1. The average Bonchev–Trinajstić information content (AvgIpc) is 3.02. The third kappa shape index (κ3) is 4.04. The predicted molar refractivity (Wildman–Crippen MR) is 99.7 cm³/mol. The second kappa shape index (κ2) is 7.46. The summed E-state index contributed by atoms with van der Waals surface area (Å²) in [6, 6.07) is 11.7. The van der Waals surface area contributed by atoms with E-state index >= 15 is 0 Å². The van der Waals surface area contributed by atoms with E-state index in [0.29, 0.717) is 38.4 Å². The number of nitrogens with one attached hydrogen (secondary N) is 3. The number of hydrogen-bond donors (Lipinski definition) is 3. The molecule has 0 fully saturated rings. The van der Waals surface area contributed by atoms with E-state index in [0.717, 1.165) is 0 Å². The van der Waals surface area contributed by atoms with Gasteiger partial charge in [-0.25, -0.2) is 4.79 Å². The lowest BCUT2D eigenvalue weighted by Crippen LogP contribution is -2.19. The van der Waals surface area contributed by atoms with Crippen LogP contribution in [0.4, 0.5) is 16.2 Å². The van der Waals surface area contributed by atoms with Crippen molar-refractivity contribution < 1.29 is 9.53 Å². The molecule has 1 aromatic heterocycles. The number of H-pyrrole nitrogens is 1. The molecular formula is C17H14Cl2N4O2. The van der Waals surface area contributed by atoms with E-state index in [4.69, 9.17) is 27.9 Å². The lowest BCUT2D eigenvalue weighted by molar-refractivity contribution is 0.262. The lowest BCUT2D eigenvalue weighted by atomic mass is 10.1. The van der Waals surface area contributed by atoms with E-state index in [-0.39, 0.29) is 6.03 Å². The van der Waals surface area contributed by atoms with Crippen LogP contribution < -0.4 is 15.4 Å². The second-order valence-electron chi connectivity index (χ2n) is 5.09. The van der Waals surface area contributed by atoms with Crippen LogP contribution in [0.5, 0.6) is 5.75 Å². The Bertz CT molecular complexity index is 894. The Labute approximate surface area is 154 Å². The van der Waals surface area contributed by atoms with Gasteiger partial charge in [-0.1, -0.05) is 23.2 Å². The number of benzene rings is 2. The monoisotopic (exact) mass is 376 g/mol. The topological polar surface area (TPSA) is 79.0 Å². The van der Waals surface area contributed by atoms with Crippen molar-refractivity contribution >= 4 is 40.6 Å². The first-order chi connectivity index (χ1) is 12.1. The smallest absolute Gasteiger partial charge is 0.323 e. The summed E-state index contributed by atoms with van der Waals surface area (Å²) in [5.41, 5.74) is 2.51. The molecular weight excluding hydrogens is 363 g/mol. The highest BCUT2D eigenvalue weighted by atomic mass is 35.5. The van der Waals surface area contributed by atoms with Crippen LogP contribution in [0.2, 0.25) is 10.0 Å². The van der Waals surface area contributed by atoms with Crippen LogP contribution in [0.25, 0.3) is 11.3 Å². The van der Waals surface area contributed by atoms with Crippen LogP contribution in [-0.2, 0) is 0 Å². The largest absolute Gasteiger partial charge is 0.496 e. The van der Waals surface area contributed by atoms with Crippen molar-refractivity contribution in [3.8, 4) is 17.0 Å². The number of nitrogens with zero attached hydrogens (tertiary/aromatic N) is 1. The van der Waals surface area contributed by atoms with Crippen molar-refractivity contribution in [2.45, 2.75) is 0 Å². The molecule has 8 heteroatoms. The Morgan fingerprint density at radius 1 is 1.08 bits per heavy atom. The van der Waals surface area contributed by atoms with Crippen LogP contribution in [-0.4, -0.2) is 23.3 Å². The van der Waals surface area contributed by atoms with Crippen LogP contribution in [0.1, 0.15) is 0 Å². The molecule has 2 amide bonds. The summed E-state index contributed by atoms with van der Waals surface area (Å²) in [6.45, 7) is 0. The van der Waals surface area contributed by atoms with Gasteiger partial charge in [0.05, 0.1) is 24.0 Å². The van der Waals surface area contributed by atoms with Crippen molar-refractivity contribution in [3.63, 3.8) is 0 Å². The minimum atomic E-state index is -0.380. The van der Waals surface area contributed by atoms with Gasteiger partial charge in [0, 0.05) is 22.0 Å². The molecule has 0 unspecified atom stereocenters. The molecule has 3 rings (SSSR count). The van der Waals surface area contributed by atoms with Crippen molar-refractivity contribution in [2.75, 3.05) is 17.7 Å². The maximum Gasteiger partial charge on any atom is 0.323 e. The van der Waals surface area contributed by atoms with Gasteiger partial charge in [-0.3, -0.25) is 5.10 Å². The first-order valence-electron chi connectivity index (χ1n) is 7.27. The zero-order chi connectivity index (χ0) is 17.8. The number of halogens is 2. The summed E-state index contributed by atoms with van der Waals surface area (Å²) in [7, 11) is 1.56. The van der Waals surface area contributed by atoms with Gasteiger partial charge in [0.1, 0.15) is 5.75 Å². The van der Waals surface area contributed by atoms with Gasteiger partial charge >= 0.3 is 6.03 Å². The van der Waals surface area contributed by atoms with E-state index in [1.54, 1.807) is 49.6 Å². The molecule has 0 aliphatic rings. The average molecular weight is 377 g/mol. The summed E-state index contributed by atoms with van der Waals surface area (Å²) < 4.78 is 5.34. The van der Waals surface area contributed by atoms with Crippen LogP contribution >= 0.6 is 23.2 Å². The highest BCUT2D eigenvalue weighted by molar-refractivity contribution is 6.33. The third-order valence-corrected chi connectivity index (χ3v) is 3.96. The normalized spacial score (nSPS) is 10.4. The number of aromatic amines is 1. The molecule has 0 saturated carbocycles. The van der Waals surface area contributed by atoms with Crippen molar-refractivity contribution in [1.29, 1.82) is 0 Å². The number of amides is 2. The number of rotatable bonds is 4. The first-order valence-corrected chi connectivity index (χ1v) is 8.03. The SMILES string of the molecule is COc1ccc(NC(=O)Nc2ccc(Cl)cc2)cc1-c1[nH]ncc1Cl. The number of aromatic nitrogens is 2. The zero-order valence-electron chi connectivity index (χ0n) is 13.1. The van der Waals surface area contributed by atoms with Crippen molar-refractivity contribution in [3.05, 3.63) is 58.7 Å². The molecule has 0 radical (unpaired) electrons. The van der Waals surface area contributed by atoms with E-state index < -0.39 is 0 Å². The van der Waals surface area contributed by atoms with Gasteiger partial charge in [0.2, 0.25) is 0 Å². The molecule has 0 aliphatic carbocycles. The molecule has 6 nitrogen and oxygen atoms in total. The summed E-state index contributed by atoms with van der Waals surface area (Å²) in [4.78, 5) is 12.2. The number of methoxy groups -OCH3 is 1. The fourth-order valence-corrected chi connectivity index (χ4v) is 2.59. The molecule has 0 bridgehead atoms. The van der Waals surface area contributed by atoms with Gasteiger partial charge in [-0.15, -0.1) is 0 Å². The van der Waals surface area contributed by atoms with Crippen LogP contribution in [0.3, 0.4) is 0 Å². The minimum Gasteiger partial charge on any atom is -0.496 e. The van der Waals surface area contributed by atoms with Crippen LogP contribution in [0.15, 0.2) is 48.7 Å². The molecule has 25 heavy (non-hydrogen) atoms. The summed E-state index contributed by atoms with van der Waals surface area (Å²) >= 11 is 11.9. The molecule has 0 saturated heterocycles. The first kappa shape index (κ1) is 17.1. The molecule has 3 N–H and O–H groups in total. The van der Waals surface area contributed by atoms with Gasteiger partial charge in [-0.2, -0.15) is 5.10 Å². The maximum atomic E-state index is 12.2. The van der Waals surface area contributed by atoms with Gasteiger partial charge in [-0.05, 0) is 42.5 Å². The zero-order valence-corrected chi connectivity index (χ0v) is 14.7. The quantitative estimate of drug-likeness (QED) is 0.596. The highest BCUT2D eigenvalue weighted by Crippen LogP contribution is 2.35. The van der Waals surface area contributed by atoms with E-state index in [2.05, 4.69) is 20.8 Å².